The molecule has 1 amide bonds. The summed E-state index contributed by atoms with van der Waals surface area (Å²) in [5, 5.41) is 5.39. The van der Waals surface area contributed by atoms with E-state index in [0.717, 1.165) is 25.7 Å². The predicted octanol–water partition coefficient (Wildman–Crippen LogP) is 4.15. The van der Waals surface area contributed by atoms with Crippen molar-refractivity contribution in [2.75, 3.05) is 18.1 Å². The van der Waals surface area contributed by atoms with E-state index in [4.69, 9.17) is 9.40 Å². The summed E-state index contributed by atoms with van der Waals surface area (Å²) in [7, 11) is -3.10. The minimum Gasteiger partial charge on any atom is -0.463 e. The van der Waals surface area contributed by atoms with E-state index in [-0.39, 0.29) is 29.5 Å². The first-order valence-corrected chi connectivity index (χ1v) is 13.6. The van der Waals surface area contributed by atoms with Crippen molar-refractivity contribution in [1.82, 2.24) is 19.7 Å². The van der Waals surface area contributed by atoms with Crippen molar-refractivity contribution in [3.63, 3.8) is 0 Å². The van der Waals surface area contributed by atoms with Gasteiger partial charge in [-0.25, -0.2) is 18.1 Å². The molecule has 1 saturated heterocycles. The maximum Gasteiger partial charge on any atom is 0.254 e. The molecule has 0 bridgehead atoms. The molecule has 8 nitrogen and oxygen atoms in total. The summed E-state index contributed by atoms with van der Waals surface area (Å²) >= 11 is 0. The van der Waals surface area contributed by atoms with Crippen LogP contribution >= 0.6 is 0 Å². The Morgan fingerprint density at radius 3 is 2.67 bits per heavy atom. The molecule has 9 heteroatoms. The highest BCUT2D eigenvalue weighted by Gasteiger charge is 2.34. The highest BCUT2D eigenvalue weighted by atomic mass is 32.2. The summed E-state index contributed by atoms with van der Waals surface area (Å²) in [4.78, 5) is 20.7. The van der Waals surface area contributed by atoms with Gasteiger partial charge in [0.2, 0.25) is 0 Å². The molecular weight excluding hydrogens is 440 g/mol. The third-order valence-corrected chi connectivity index (χ3v) is 8.76. The molecule has 1 atom stereocenters. The Hall–Kier alpha value is -2.68. The normalized spacial score (nSPS) is 21.0. The number of aromatic nitrogens is 3. The lowest BCUT2D eigenvalue weighted by atomic mass is 9.93. The second kappa shape index (κ2) is 8.59. The number of aryl methyl sites for hydroxylation is 1. The zero-order valence-corrected chi connectivity index (χ0v) is 20.0. The third-order valence-electron chi connectivity index (χ3n) is 7.01. The first kappa shape index (κ1) is 22.1. The topological polar surface area (TPSA) is 98.3 Å². The van der Waals surface area contributed by atoms with Gasteiger partial charge >= 0.3 is 0 Å². The van der Waals surface area contributed by atoms with Crippen LogP contribution in [0.5, 0.6) is 0 Å². The molecule has 5 rings (SSSR count). The maximum absolute atomic E-state index is 13.9. The largest absolute Gasteiger partial charge is 0.463 e. The van der Waals surface area contributed by atoms with Crippen molar-refractivity contribution in [3.05, 3.63) is 35.7 Å². The maximum atomic E-state index is 13.9. The molecule has 33 heavy (non-hydrogen) atoms. The number of carbonyl (C=O) groups excluding carboxylic acids is 1. The van der Waals surface area contributed by atoms with Crippen LogP contribution in [-0.2, 0) is 9.84 Å². The van der Waals surface area contributed by atoms with Crippen molar-refractivity contribution in [2.45, 2.75) is 64.5 Å². The number of furan rings is 1. The molecule has 0 spiro atoms. The lowest BCUT2D eigenvalue weighted by Gasteiger charge is -2.34. The molecule has 0 N–H and O–H groups in total. The fraction of sp³-hybridized carbons (Fsp3) is 0.542. The molecule has 1 unspecified atom stereocenters. The monoisotopic (exact) mass is 470 g/mol. The Morgan fingerprint density at radius 2 is 2.03 bits per heavy atom. The number of hydrogen-bond acceptors (Lipinski definition) is 6. The van der Waals surface area contributed by atoms with Crippen LogP contribution in [0.2, 0.25) is 0 Å². The van der Waals surface area contributed by atoms with Gasteiger partial charge in [0.15, 0.2) is 21.2 Å². The zero-order valence-electron chi connectivity index (χ0n) is 19.2. The molecule has 176 valence electrons. The standard InChI is InChI=1S/C24H30N4O4S/c1-3-27(17-8-5-4-6-9-17)24(29)19-14-20(21-10-7-12-32-21)25-23-22(19)16(2)26-28(23)18-11-13-33(30,31)15-18/h7,10,12,14,17-18H,3-6,8-9,11,13,15H2,1-2H3. The highest BCUT2D eigenvalue weighted by molar-refractivity contribution is 7.91. The summed E-state index contributed by atoms with van der Waals surface area (Å²) < 4.78 is 31.6. The Labute approximate surface area is 193 Å². The van der Waals surface area contributed by atoms with Crippen LogP contribution in [0.1, 0.15) is 67.5 Å². The highest BCUT2D eigenvalue weighted by Crippen LogP contribution is 2.33. The molecule has 2 aliphatic rings. The number of rotatable bonds is 5. The predicted molar refractivity (Wildman–Crippen MR) is 126 cm³/mol. The van der Waals surface area contributed by atoms with E-state index in [1.54, 1.807) is 23.1 Å². The number of carbonyl (C=O) groups is 1. The number of hydrogen-bond donors (Lipinski definition) is 0. The second-order valence-electron chi connectivity index (χ2n) is 9.20. The summed E-state index contributed by atoms with van der Waals surface area (Å²) in [5.41, 5.74) is 2.35. The molecule has 3 aromatic heterocycles. The minimum absolute atomic E-state index is 0.0219. The second-order valence-corrected chi connectivity index (χ2v) is 11.4. The fourth-order valence-corrected chi connectivity index (χ4v) is 7.06. The van der Waals surface area contributed by atoms with E-state index < -0.39 is 9.84 Å². The number of nitrogens with zero attached hydrogens (tertiary/aromatic N) is 4. The van der Waals surface area contributed by atoms with Gasteiger partial charge in [-0.1, -0.05) is 19.3 Å². The zero-order chi connectivity index (χ0) is 23.2. The minimum atomic E-state index is -3.10. The van der Waals surface area contributed by atoms with Crippen LogP contribution in [0, 0.1) is 6.92 Å². The third kappa shape index (κ3) is 4.07. The molecule has 4 heterocycles. The van der Waals surface area contributed by atoms with Gasteiger partial charge in [-0.15, -0.1) is 0 Å². The fourth-order valence-electron chi connectivity index (χ4n) is 5.37. The lowest BCUT2D eigenvalue weighted by Crippen LogP contribution is -2.41. The number of amides is 1. The van der Waals surface area contributed by atoms with Crippen LogP contribution in [0.3, 0.4) is 0 Å². The van der Waals surface area contributed by atoms with Gasteiger partial charge in [0, 0.05) is 12.6 Å². The van der Waals surface area contributed by atoms with Gasteiger partial charge in [0.05, 0.1) is 40.5 Å². The summed E-state index contributed by atoms with van der Waals surface area (Å²) in [6.07, 6.45) is 7.64. The lowest BCUT2D eigenvalue weighted by molar-refractivity contribution is 0.0650. The first-order valence-electron chi connectivity index (χ1n) is 11.8. The quantitative estimate of drug-likeness (QED) is 0.555. The molecule has 1 aliphatic heterocycles. The van der Waals surface area contributed by atoms with E-state index in [1.807, 2.05) is 24.8 Å². The molecule has 1 aliphatic carbocycles. The number of pyridine rings is 1. The Balaban J connectivity index is 1.66. The van der Waals surface area contributed by atoms with Gasteiger partial charge in [0.1, 0.15) is 5.69 Å². The summed E-state index contributed by atoms with van der Waals surface area (Å²) in [6.45, 7) is 4.53. The van der Waals surface area contributed by atoms with Crippen molar-refractivity contribution in [1.29, 1.82) is 0 Å². The average molecular weight is 471 g/mol. The Bertz CT molecular complexity index is 1270. The van der Waals surface area contributed by atoms with Gasteiger partial charge in [-0.2, -0.15) is 5.10 Å². The van der Waals surface area contributed by atoms with Gasteiger partial charge < -0.3 is 9.32 Å². The molecule has 2 fully saturated rings. The van der Waals surface area contributed by atoms with Crippen LogP contribution < -0.4 is 0 Å². The van der Waals surface area contributed by atoms with Crippen LogP contribution in [0.15, 0.2) is 28.9 Å². The molecule has 0 aromatic carbocycles. The van der Waals surface area contributed by atoms with E-state index in [1.165, 1.54) is 6.42 Å². The van der Waals surface area contributed by atoms with Gasteiger partial charge in [0.25, 0.3) is 5.91 Å². The summed E-state index contributed by atoms with van der Waals surface area (Å²) in [6, 6.07) is 5.36. The molecule has 1 saturated carbocycles. The first-order chi connectivity index (χ1) is 15.9. The molecule has 3 aromatic rings. The van der Waals surface area contributed by atoms with Gasteiger partial charge in [-0.3, -0.25) is 4.79 Å². The van der Waals surface area contributed by atoms with E-state index in [0.29, 0.717) is 46.7 Å². The SMILES string of the molecule is CCN(C(=O)c1cc(-c2ccco2)nc2c1c(C)nn2C1CCS(=O)(=O)C1)C1CCCCC1. The summed E-state index contributed by atoms with van der Waals surface area (Å²) in [5.74, 6) is 0.734. The Kier molecular flexibility index (Phi) is 5.76. The van der Waals surface area contributed by atoms with Crippen molar-refractivity contribution in [3.8, 4) is 11.5 Å². The van der Waals surface area contributed by atoms with Crippen molar-refractivity contribution >= 4 is 26.8 Å². The van der Waals surface area contributed by atoms with E-state index >= 15 is 0 Å². The molecule has 0 radical (unpaired) electrons. The number of sulfone groups is 1. The smallest absolute Gasteiger partial charge is 0.254 e. The van der Waals surface area contributed by atoms with Crippen LogP contribution in [-0.4, -0.2) is 58.1 Å². The van der Waals surface area contributed by atoms with Crippen LogP contribution in [0.25, 0.3) is 22.5 Å². The molecular formula is C24H30N4O4S. The van der Waals surface area contributed by atoms with E-state index in [9.17, 15) is 13.2 Å². The number of fused-ring (bicyclic) bond motifs is 1. The Morgan fingerprint density at radius 1 is 1.24 bits per heavy atom. The average Bonchev–Trinajstić information content (AvgIpc) is 3.54. The van der Waals surface area contributed by atoms with Crippen LogP contribution in [0.4, 0.5) is 0 Å². The van der Waals surface area contributed by atoms with Gasteiger partial charge in [-0.05, 0) is 51.3 Å². The van der Waals surface area contributed by atoms with Crippen molar-refractivity contribution < 1.29 is 17.6 Å². The van der Waals surface area contributed by atoms with Crippen molar-refractivity contribution in [2.24, 2.45) is 0 Å². The van der Waals surface area contributed by atoms with E-state index in [2.05, 4.69) is 5.10 Å².